The fraction of sp³-hybridized carbons (Fsp3) is 0.733. The van der Waals surface area contributed by atoms with E-state index < -0.39 is 12.1 Å². The predicted molar refractivity (Wildman–Crippen MR) is 142 cm³/mol. The van der Waals surface area contributed by atoms with Crippen LogP contribution >= 0.6 is 0 Å². The summed E-state index contributed by atoms with van der Waals surface area (Å²) in [5.41, 5.74) is 2.24. The second-order valence-electron chi connectivity index (χ2n) is 10.8. The van der Waals surface area contributed by atoms with Crippen molar-refractivity contribution in [1.82, 2.24) is 0 Å². The van der Waals surface area contributed by atoms with Crippen LogP contribution in [0.5, 0.6) is 5.75 Å². The highest BCUT2D eigenvalue weighted by Crippen LogP contribution is 2.49. The molecule has 3 rings (SSSR count). The number of unbranched alkanes of at least 4 members (excludes halogenated alkanes) is 6. The number of rotatable bonds is 16. The van der Waals surface area contributed by atoms with Crippen LogP contribution in [-0.2, 0) is 27.1 Å². The molecule has 2 N–H and O–H groups in total. The van der Waals surface area contributed by atoms with Crippen LogP contribution in [0.15, 0.2) is 18.2 Å². The van der Waals surface area contributed by atoms with Gasteiger partial charge in [-0.15, -0.1) is 0 Å². The molecule has 1 fully saturated rings. The maximum Gasteiger partial charge on any atom is 0.508 e. The van der Waals surface area contributed by atoms with E-state index in [1.165, 1.54) is 44.1 Å². The molecular weight excluding hydrogens is 472 g/mol. The van der Waals surface area contributed by atoms with Crippen LogP contribution in [0.3, 0.4) is 0 Å². The summed E-state index contributed by atoms with van der Waals surface area (Å²) < 4.78 is 16.5. The molecule has 0 radical (unpaired) electrons. The van der Waals surface area contributed by atoms with Gasteiger partial charge in [-0.05, 0) is 80.4 Å². The van der Waals surface area contributed by atoms with Crippen LogP contribution in [0, 0.1) is 17.8 Å². The van der Waals surface area contributed by atoms with Gasteiger partial charge in [0, 0.05) is 0 Å². The lowest BCUT2D eigenvalue weighted by atomic mass is 9.73. The van der Waals surface area contributed by atoms with Gasteiger partial charge in [0.1, 0.15) is 11.9 Å². The van der Waals surface area contributed by atoms with Crippen LogP contribution in [0.25, 0.3) is 0 Å². The minimum atomic E-state index is -0.995. The van der Waals surface area contributed by atoms with Gasteiger partial charge in [-0.3, -0.25) is 0 Å². The number of carbonyl (C=O) groups is 2. The van der Waals surface area contributed by atoms with Gasteiger partial charge in [0.2, 0.25) is 0 Å². The molecule has 0 saturated heterocycles. The highest BCUT2D eigenvalue weighted by atomic mass is 16.7. The number of carboxylic acid groups (broad SMARTS) is 1. The zero-order valence-electron chi connectivity index (χ0n) is 22.7. The Morgan fingerprint density at radius 1 is 1.03 bits per heavy atom. The van der Waals surface area contributed by atoms with Crippen molar-refractivity contribution < 1.29 is 34.0 Å². The Kier molecular flexibility index (Phi) is 12.0. The second kappa shape index (κ2) is 15.2. The smallest absolute Gasteiger partial charge is 0.482 e. The summed E-state index contributed by atoms with van der Waals surface area (Å²) in [6.45, 7) is 3.91. The third-order valence-corrected chi connectivity index (χ3v) is 8.16. The molecule has 7 nitrogen and oxygen atoms in total. The van der Waals surface area contributed by atoms with Gasteiger partial charge >= 0.3 is 12.1 Å². The monoisotopic (exact) mass is 518 g/mol. The topological polar surface area (TPSA) is 102 Å². The first-order chi connectivity index (χ1) is 17.9. The van der Waals surface area contributed by atoms with Crippen molar-refractivity contribution in [3.63, 3.8) is 0 Å². The summed E-state index contributed by atoms with van der Waals surface area (Å²) in [6.07, 6.45) is 12.1. The summed E-state index contributed by atoms with van der Waals surface area (Å²) in [7, 11) is 0. The van der Waals surface area contributed by atoms with E-state index in [1.807, 2.05) is 12.1 Å². The van der Waals surface area contributed by atoms with Crippen molar-refractivity contribution in [2.75, 3.05) is 13.2 Å². The van der Waals surface area contributed by atoms with E-state index in [0.29, 0.717) is 24.0 Å². The number of aliphatic hydroxyl groups is 1. The molecule has 2 aliphatic rings. The third kappa shape index (κ3) is 8.91. The van der Waals surface area contributed by atoms with Crippen LogP contribution in [0.1, 0.15) is 95.6 Å². The quantitative estimate of drug-likeness (QED) is 0.195. The van der Waals surface area contributed by atoms with Gasteiger partial charge in [0.25, 0.3) is 0 Å². The largest absolute Gasteiger partial charge is 0.508 e. The molecule has 7 heteroatoms. The molecule has 0 amide bonds. The highest BCUT2D eigenvalue weighted by Gasteiger charge is 2.47. The van der Waals surface area contributed by atoms with E-state index >= 15 is 0 Å². The summed E-state index contributed by atoms with van der Waals surface area (Å²) in [4.78, 5) is 23.2. The number of carboxylic acids is 1. The number of ether oxygens (including phenoxy) is 3. The minimum Gasteiger partial charge on any atom is -0.482 e. The lowest BCUT2D eigenvalue weighted by molar-refractivity contribution is -0.139. The first-order valence-corrected chi connectivity index (χ1v) is 14.4. The van der Waals surface area contributed by atoms with Crippen molar-refractivity contribution >= 4 is 12.1 Å². The van der Waals surface area contributed by atoms with Crippen molar-refractivity contribution in [3.05, 3.63) is 29.3 Å². The Bertz CT molecular complexity index is 854. The lowest BCUT2D eigenvalue weighted by Gasteiger charge is -2.32. The maximum atomic E-state index is 12.2. The minimum absolute atomic E-state index is 0.162. The van der Waals surface area contributed by atoms with Crippen molar-refractivity contribution in [2.24, 2.45) is 17.8 Å². The number of benzene rings is 1. The predicted octanol–water partition coefficient (Wildman–Crippen LogP) is 6.32. The van der Waals surface area contributed by atoms with E-state index in [9.17, 15) is 14.7 Å². The van der Waals surface area contributed by atoms with Crippen LogP contribution in [0.4, 0.5) is 4.79 Å². The van der Waals surface area contributed by atoms with Gasteiger partial charge < -0.3 is 24.4 Å². The Labute approximate surface area is 221 Å². The molecule has 0 aliphatic heterocycles. The average Bonchev–Trinajstić information content (AvgIpc) is 3.19. The van der Waals surface area contributed by atoms with E-state index in [0.717, 1.165) is 44.1 Å². The molecule has 0 heterocycles. The van der Waals surface area contributed by atoms with Crippen LogP contribution < -0.4 is 4.74 Å². The lowest BCUT2D eigenvalue weighted by Crippen LogP contribution is -2.30. The van der Waals surface area contributed by atoms with Gasteiger partial charge in [-0.2, -0.15) is 0 Å². The number of fused-ring (bicyclic) bond motifs is 2. The SMILES string of the molecule is CCCCCCCCC[C@H](O)CC[C@@H]1[C@H]2Cc3cccc(OCC(=O)O)c3C[C@H]2C[C@H]1OC(=O)OCC. The number of aliphatic carboxylic acids is 1. The number of aliphatic hydroxyl groups excluding tert-OH is 1. The molecule has 208 valence electrons. The van der Waals surface area contributed by atoms with Crippen molar-refractivity contribution in [1.29, 1.82) is 0 Å². The molecule has 2 aliphatic carbocycles. The normalized spacial score (nSPS) is 23.1. The maximum absolute atomic E-state index is 12.2. The van der Waals surface area contributed by atoms with Crippen molar-refractivity contribution in [2.45, 2.75) is 110 Å². The van der Waals surface area contributed by atoms with Gasteiger partial charge in [-0.25, -0.2) is 9.59 Å². The molecule has 0 aromatic heterocycles. The zero-order chi connectivity index (χ0) is 26.6. The molecule has 1 aromatic carbocycles. The third-order valence-electron chi connectivity index (χ3n) is 8.16. The summed E-state index contributed by atoms with van der Waals surface area (Å²) in [5.74, 6) is 0.453. The number of carbonyl (C=O) groups excluding carboxylic acids is 1. The van der Waals surface area contributed by atoms with E-state index in [2.05, 4.69) is 13.0 Å². The highest BCUT2D eigenvalue weighted by molar-refractivity contribution is 5.68. The van der Waals surface area contributed by atoms with Crippen LogP contribution in [0.2, 0.25) is 0 Å². The van der Waals surface area contributed by atoms with E-state index in [-0.39, 0.29) is 31.3 Å². The van der Waals surface area contributed by atoms with Crippen molar-refractivity contribution in [3.8, 4) is 5.75 Å². The van der Waals surface area contributed by atoms with E-state index in [1.54, 1.807) is 6.92 Å². The Morgan fingerprint density at radius 2 is 1.78 bits per heavy atom. The molecule has 0 unspecified atom stereocenters. The standard InChI is InChI=1S/C30H46O7/c1-3-5-6-7-8-9-10-13-23(31)15-16-24-25-17-21-12-11-14-27(36-20-29(32)33)26(21)18-22(25)19-28(24)37-30(34)35-4-2/h11-12,14,22-25,28,31H,3-10,13,15-20H2,1-2H3,(H,32,33)/t22-,23-,24+,25-,28+/m0/s1. The fourth-order valence-electron chi connectivity index (χ4n) is 6.33. The number of hydrogen-bond donors (Lipinski definition) is 2. The number of hydrogen-bond acceptors (Lipinski definition) is 6. The van der Waals surface area contributed by atoms with Gasteiger partial charge in [-0.1, -0.05) is 64.0 Å². The second-order valence-corrected chi connectivity index (χ2v) is 10.8. The zero-order valence-corrected chi connectivity index (χ0v) is 22.7. The molecule has 1 saturated carbocycles. The molecule has 0 bridgehead atoms. The molecule has 37 heavy (non-hydrogen) atoms. The first-order valence-electron chi connectivity index (χ1n) is 14.4. The Balaban J connectivity index is 1.60. The molecular formula is C30H46O7. The molecule has 1 aromatic rings. The van der Waals surface area contributed by atoms with Gasteiger partial charge in [0.05, 0.1) is 12.7 Å². The Morgan fingerprint density at radius 3 is 2.51 bits per heavy atom. The Hall–Kier alpha value is -2.28. The molecule has 5 atom stereocenters. The summed E-state index contributed by atoms with van der Waals surface area (Å²) in [6, 6.07) is 5.84. The molecule has 0 spiro atoms. The average molecular weight is 519 g/mol. The first kappa shape index (κ1) is 29.3. The van der Waals surface area contributed by atoms with Crippen LogP contribution in [-0.4, -0.2) is 47.8 Å². The summed E-state index contributed by atoms with van der Waals surface area (Å²) in [5, 5.41) is 19.7. The summed E-state index contributed by atoms with van der Waals surface area (Å²) >= 11 is 0. The fourth-order valence-corrected chi connectivity index (χ4v) is 6.33. The van der Waals surface area contributed by atoms with E-state index in [4.69, 9.17) is 19.3 Å². The van der Waals surface area contributed by atoms with Gasteiger partial charge in [0.15, 0.2) is 6.61 Å².